The summed E-state index contributed by atoms with van der Waals surface area (Å²) < 4.78 is 59.5. The molecule has 1 N–H and O–H groups in total. The third-order valence-corrected chi connectivity index (χ3v) is 5.05. The number of amides is 1. The predicted molar refractivity (Wildman–Crippen MR) is 106 cm³/mol. The molecule has 31 heavy (non-hydrogen) atoms. The van der Waals surface area contributed by atoms with Crippen molar-refractivity contribution >= 4 is 22.4 Å². The number of aromatic nitrogens is 2. The van der Waals surface area contributed by atoms with Crippen LogP contribution in [0.15, 0.2) is 52.4 Å². The van der Waals surface area contributed by atoms with Crippen LogP contribution in [-0.4, -0.2) is 15.9 Å². The molecule has 0 spiro atoms. The Morgan fingerprint density at radius 1 is 1.03 bits per heavy atom. The third-order valence-electron chi connectivity index (χ3n) is 4.29. The number of hydrogen-bond donors (Lipinski definition) is 1. The summed E-state index contributed by atoms with van der Waals surface area (Å²) in [5, 5.41) is 4.48. The first kappa shape index (κ1) is 20.7. The fourth-order valence-corrected chi connectivity index (χ4v) is 3.53. The number of oxazole rings is 1. The van der Waals surface area contributed by atoms with Crippen molar-refractivity contribution in [2.75, 3.05) is 5.32 Å². The Labute approximate surface area is 177 Å². The molecule has 5 nitrogen and oxygen atoms in total. The van der Waals surface area contributed by atoms with E-state index in [0.717, 1.165) is 35.6 Å². The molecule has 0 unspecified atom stereocenters. The zero-order valence-electron chi connectivity index (χ0n) is 15.7. The number of anilines is 1. The molecule has 0 aliphatic carbocycles. The van der Waals surface area contributed by atoms with Crippen molar-refractivity contribution in [1.29, 1.82) is 0 Å². The number of benzene rings is 2. The molecule has 10 heteroatoms. The van der Waals surface area contributed by atoms with E-state index in [1.165, 1.54) is 18.3 Å². The second-order valence-corrected chi connectivity index (χ2v) is 7.29. The Morgan fingerprint density at radius 2 is 1.81 bits per heavy atom. The first-order chi connectivity index (χ1) is 14.9. The lowest BCUT2D eigenvalue weighted by Crippen LogP contribution is -2.12. The standard InChI is InChI=1S/C21H13F4N3O2S/c22-12-5-4-11(8-15(12)25)16-10-31-21(27-16)28-18(29)6-7-19-26-9-17(30-19)20-13(23)2-1-3-14(20)24/h1-5,8-10H,6-7H2,(H,27,28,29). The highest BCUT2D eigenvalue weighted by molar-refractivity contribution is 7.14. The number of nitrogens with zero attached hydrogens (tertiary/aromatic N) is 2. The highest BCUT2D eigenvalue weighted by Crippen LogP contribution is 2.28. The third kappa shape index (κ3) is 4.64. The lowest BCUT2D eigenvalue weighted by molar-refractivity contribution is -0.116. The van der Waals surface area contributed by atoms with Crippen LogP contribution in [-0.2, 0) is 11.2 Å². The summed E-state index contributed by atoms with van der Waals surface area (Å²) in [5.41, 5.74) is 0.449. The van der Waals surface area contributed by atoms with Gasteiger partial charge in [-0.1, -0.05) is 6.07 Å². The zero-order chi connectivity index (χ0) is 22.0. The quantitative estimate of drug-likeness (QED) is 0.391. The van der Waals surface area contributed by atoms with Gasteiger partial charge in [0, 0.05) is 23.8 Å². The Hall–Kier alpha value is -3.53. The van der Waals surface area contributed by atoms with E-state index in [-0.39, 0.29) is 41.1 Å². The lowest BCUT2D eigenvalue weighted by atomic mass is 10.1. The molecule has 0 bridgehead atoms. The second kappa shape index (κ2) is 8.68. The summed E-state index contributed by atoms with van der Waals surface area (Å²) in [5.74, 6) is -3.81. The molecule has 4 aromatic rings. The molecule has 2 aromatic carbocycles. The molecule has 0 aliphatic heterocycles. The maximum absolute atomic E-state index is 13.8. The van der Waals surface area contributed by atoms with Crippen LogP contribution in [0.3, 0.4) is 0 Å². The van der Waals surface area contributed by atoms with Gasteiger partial charge >= 0.3 is 0 Å². The number of hydrogen-bond acceptors (Lipinski definition) is 5. The molecule has 2 aromatic heterocycles. The van der Waals surface area contributed by atoms with Crippen LogP contribution in [0.1, 0.15) is 12.3 Å². The minimum atomic E-state index is -0.989. The normalized spacial score (nSPS) is 11.0. The van der Waals surface area contributed by atoms with Gasteiger partial charge in [0.1, 0.15) is 11.6 Å². The van der Waals surface area contributed by atoms with Crippen LogP contribution in [0, 0.1) is 23.3 Å². The molecule has 1 amide bonds. The smallest absolute Gasteiger partial charge is 0.226 e. The maximum Gasteiger partial charge on any atom is 0.226 e. The van der Waals surface area contributed by atoms with Crippen molar-refractivity contribution < 1.29 is 26.8 Å². The van der Waals surface area contributed by atoms with Gasteiger partial charge in [0.2, 0.25) is 5.91 Å². The molecule has 0 saturated heterocycles. The fraction of sp³-hybridized carbons (Fsp3) is 0.0952. The lowest BCUT2D eigenvalue weighted by Gasteiger charge is -2.01. The van der Waals surface area contributed by atoms with E-state index >= 15 is 0 Å². The van der Waals surface area contributed by atoms with Gasteiger partial charge in [-0.2, -0.15) is 0 Å². The number of carbonyl (C=O) groups is 1. The average molecular weight is 447 g/mol. The van der Waals surface area contributed by atoms with E-state index in [9.17, 15) is 22.4 Å². The van der Waals surface area contributed by atoms with E-state index in [2.05, 4.69) is 15.3 Å². The Kier molecular flexibility index (Phi) is 5.81. The van der Waals surface area contributed by atoms with Gasteiger partial charge in [0.05, 0.1) is 17.5 Å². The highest BCUT2D eigenvalue weighted by atomic mass is 32.1. The Morgan fingerprint density at radius 3 is 2.55 bits per heavy atom. The van der Waals surface area contributed by atoms with Crippen molar-refractivity contribution in [1.82, 2.24) is 9.97 Å². The molecule has 158 valence electrons. The Balaban J connectivity index is 1.37. The minimum Gasteiger partial charge on any atom is -0.441 e. The van der Waals surface area contributed by atoms with Crippen molar-refractivity contribution in [2.45, 2.75) is 12.8 Å². The van der Waals surface area contributed by atoms with Crippen molar-refractivity contribution in [3.8, 4) is 22.6 Å². The summed E-state index contributed by atoms with van der Waals surface area (Å²) in [6.45, 7) is 0. The number of aryl methyl sites for hydroxylation is 1. The van der Waals surface area contributed by atoms with E-state index in [1.807, 2.05) is 0 Å². The van der Waals surface area contributed by atoms with Crippen LogP contribution in [0.5, 0.6) is 0 Å². The molecule has 0 radical (unpaired) electrons. The Bertz CT molecular complexity index is 1230. The molecule has 0 aliphatic rings. The van der Waals surface area contributed by atoms with Crippen molar-refractivity contribution in [2.24, 2.45) is 0 Å². The van der Waals surface area contributed by atoms with Crippen LogP contribution >= 0.6 is 11.3 Å². The average Bonchev–Trinajstić information content (AvgIpc) is 3.38. The van der Waals surface area contributed by atoms with Crippen molar-refractivity contribution in [3.05, 3.63) is 77.1 Å². The number of carbonyl (C=O) groups excluding carboxylic acids is 1. The van der Waals surface area contributed by atoms with Gasteiger partial charge in [-0.3, -0.25) is 4.79 Å². The van der Waals surface area contributed by atoms with Crippen LogP contribution in [0.4, 0.5) is 22.7 Å². The van der Waals surface area contributed by atoms with Gasteiger partial charge in [0.25, 0.3) is 0 Å². The monoisotopic (exact) mass is 447 g/mol. The summed E-state index contributed by atoms with van der Waals surface area (Å²) in [7, 11) is 0. The number of nitrogens with one attached hydrogen (secondary N) is 1. The second-order valence-electron chi connectivity index (χ2n) is 6.43. The summed E-state index contributed by atoms with van der Waals surface area (Å²) in [6.07, 6.45) is 1.28. The minimum absolute atomic E-state index is 0.0141. The van der Waals surface area contributed by atoms with Gasteiger partial charge < -0.3 is 9.73 Å². The highest BCUT2D eigenvalue weighted by Gasteiger charge is 2.17. The molecule has 0 saturated carbocycles. The molecular formula is C21H13F4N3O2S. The van der Waals surface area contributed by atoms with Crippen LogP contribution in [0.2, 0.25) is 0 Å². The van der Waals surface area contributed by atoms with Gasteiger partial charge in [0.15, 0.2) is 28.4 Å². The molecule has 0 fully saturated rings. The zero-order valence-corrected chi connectivity index (χ0v) is 16.5. The van der Waals surface area contributed by atoms with E-state index in [1.54, 1.807) is 5.38 Å². The van der Waals surface area contributed by atoms with Gasteiger partial charge in [-0.15, -0.1) is 11.3 Å². The van der Waals surface area contributed by atoms with E-state index in [0.29, 0.717) is 11.3 Å². The number of rotatable bonds is 6. The fourth-order valence-electron chi connectivity index (χ4n) is 2.80. The van der Waals surface area contributed by atoms with Gasteiger partial charge in [-0.25, -0.2) is 27.5 Å². The van der Waals surface area contributed by atoms with Crippen molar-refractivity contribution in [3.63, 3.8) is 0 Å². The van der Waals surface area contributed by atoms with Crippen LogP contribution in [0.25, 0.3) is 22.6 Å². The topological polar surface area (TPSA) is 68.0 Å². The SMILES string of the molecule is O=C(CCc1ncc(-c2c(F)cccc2F)o1)Nc1nc(-c2ccc(F)c(F)c2)cs1. The molecular weight excluding hydrogens is 434 g/mol. The summed E-state index contributed by atoms with van der Waals surface area (Å²) in [6, 6.07) is 6.87. The summed E-state index contributed by atoms with van der Waals surface area (Å²) >= 11 is 1.13. The largest absolute Gasteiger partial charge is 0.441 e. The first-order valence-electron chi connectivity index (χ1n) is 9.00. The van der Waals surface area contributed by atoms with E-state index in [4.69, 9.17) is 4.42 Å². The maximum atomic E-state index is 13.8. The number of thiazole rings is 1. The summed E-state index contributed by atoms with van der Waals surface area (Å²) in [4.78, 5) is 20.3. The number of halogens is 4. The molecule has 4 rings (SSSR count). The molecule has 2 heterocycles. The van der Waals surface area contributed by atoms with Gasteiger partial charge in [-0.05, 0) is 30.3 Å². The molecule has 0 atom stereocenters. The first-order valence-corrected chi connectivity index (χ1v) is 9.88. The van der Waals surface area contributed by atoms with E-state index < -0.39 is 23.3 Å². The predicted octanol–water partition coefficient (Wildman–Crippen LogP) is 5.59. The van der Waals surface area contributed by atoms with Crippen LogP contribution < -0.4 is 5.32 Å².